The third kappa shape index (κ3) is 4.78. The van der Waals surface area contributed by atoms with E-state index in [2.05, 4.69) is 20.6 Å². The highest BCUT2D eigenvalue weighted by molar-refractivity contribution is 5.97. The van der Waals surface area contributed by atoms with Crippen molar-refractivity contribution < 1.29 is 9.59 Å². The highest BCUT2D eigenvalue weighted by Crippen LogP contribution is 2.11. The second kappa shape index (κ2) is 8.27. The van der Waals surface area contributed by atoms with Gasteiger partial charge in [-0.2, -0.15) is 0 Å². The summed E-state index contributed by atoms with van der Waals surface area (Å²) in [4.78, 5) is 32.2. The summed E-state index contributed by atoms with van der Waals surface area (Å²) in [5.41, 5.74) is 1.11. The summed E-state index contributed by atoms with van der Waals surface area (Å²) in [6.07, 6.45) is 3.84. The number of amides is 1. The lowest BCUT2D eigenvalue weighted by atomic mass is 10.1. The second-order valence-electron chi connectivity index (χ2n) is 6.07. The molecule has 0 fully saturated rings. The molecule has 0 atom stereocenters. The topological polar surface area (TPSA) is 88.9 Å². The van der Waals surface area contributed by atoms with E-state index in [9.17, 15) is 9.59 Å². The quantitative estimate of drug-likeness (QED) is 0.498. The fraction of sp³-hybridized carbons (Fsp3) is 0.200. The molecule has 3 rings (SSSR count). The van der Waals surface area contributed by atoms with Crippen molar-refractivity contribution in [1.82, 2.24) is 19.9 Å². The Bertz CT molecular complexity index is 934. The average molecular weight is 363 g/mol. The molecule has 0 aliphatic rings. The van der Waals surface area contributed by atoms with E-state index in [1.165, 1.54) is 6.92 Å². The van der Waals surface area contributed by atoms with Gasteiger partial charge in [0.15, 0.2) is 5.78 Å². The minimum Gasteiger partial charge on any atom is -0.368 e. The largest absolute Gasteiger partial charge is 0.368 e. The first-order valence-corrected chi connectivity index (χ1v) is 8.65. The maximum atomic E-state index is 12.1. The predicted octanol–water partition coefficient (Wildman–Crippen LogP) is 2.62. The van der Waals surface area contributed by atoms with Crippen LogP contribution in [0.1, 0.15) is 33.5 Å². The predicted molar refractivity (Wildman–Crippen MR) is 103 cm³/mol. The van der Waals surface area contributed by atoms with Gasteiger partial charge in [0.25, 0.3) is 5.91 Å². The Morgan fingerprint density at radius 3 is 2.33 bits per heavy atom. The Morgan fingerprint density at radius 2 is 1.67 bits per heavy atom. The number of Topliss-reactive ketones (excluding diaryl/α,β-unsaturated/α-hetero) is 1. The van der Waals surface area contributed by atoms with Gasteiger partial charge in [-0.25, -0.2) is 9.97 Å². The summed E-state index contributed by atoms with van der Waals surface area (Å²) in [6, 6.07) is 12.3. The molecule has 27 heavy (non-hydrogen) atoms. The van der Waals surface area contributed by atoms with Gasteiger partial charge in [0, 0.05) is 42.7 Å². The molecule has 2 aromatic heterocycles. The van der Waals surface area contributed by atoms with Crippen LogP contribution in [-0.4, -0.2) is 39.3 Å². The molecule has 0 aliphatic carbocycles. The molecule has 0 saturated carbocycles. The number of nitrogens with zero attached hydrogens (tertiary/aromatic N) is 3. The van der Waals surface area contributed by atoms with Crippen LogP contribution in [0.15, 0.2) is 54.9 Å². The van der Waals surface area contributed by atoms with Crippen molar-refractivity contribution >= 4 is 17.5 Å². The summed E-state index contributed by atoms with van der Waals surface area (Å²) in [6.45, 7) is 4.30. The van der Waals surface area contributed by atoms with E-state index in [0.717, 1.165) is 5.82 Å². The van der Waals surface area contributed by atoms with Gasteiger partial charge in [-0.3, -0.25) is 9.59 Å². The third-order valence-electron chi connectivity index (χ3n) is 3.96. The Kier molecular flexibility index (Phi) is 5.61. The molecule has 2 heterocycles. The van der Waals surface area contributed by atoms with Crippen LogP contribution in [0.4, 0.5) is 5.82 Å². The first-order valence-electron chi connectivity index (χ1n) is 8.65. The second-order valence-corrected chi connectivity index (χ2v) is 6.07. The van der Waals surface area contributed by atoms with Gasteiger partial charge in [-0.15, -0.1) is 0 Å². The summed E-state index contributed by atoms with van der Waals surface area (Å²) in [5.74, 6) is 1.94. The van der Waals surface area contributed by atoms with Gasteiger partial charge < -0.3 is 15.2 Å². The lowest BCUT2D eigenvalue weighted by Gasteiger charge is -2.10. The van der Waals surface area contributed by atoms with Crippen LogP contribution in [0.5, 0.6) is 0 Å². The van der Waals surface area contributed by atoms with E-state index in [4.69, 9.17) is 0 Å². The van der Waals surface area contributed by atoms with Crippen LogP contribution in [0.2, 0.25) is 0 Å². The van der Waals surface area contributed by atoms with Crippen molar-refractivity contribution in [3.8, 4) is 5.82 Å². The van der Waals surface area contributed by atoms with Gasteiger partial charge in [0.2, 0.25) is 0 Å². The van der Waals surface area contributed by atoms with Crippen molar-refractivity contribution in [1.29, 1.82) is 0 Å². The molecular formula is C20H21N5O2. The van der Waals surface area contributed by atoms with Crippen LogP contribution in [0.25, 0.3) is 5.82 Å². The number of hydrogen-bond donors (Lipinski definition) is 2. The SMILES string of the molecule is CC(=O)c1ccc(C(=O)NCCNc2cc(-n3cccc3)nc(C)n2)cc1. The first kappa shape index (κ1) is 18.3. The van der Waals surface area contributed by atoms with Crippen LogP contribution in [0.3, 0.4) is 0 Å². The lowest BCUT2D eigenvalue weighted by molar-refractivity contribution is 0.0953. The van der Waals surface area contributed by atoms with Gasteiger partial charge in [-0.1, -0.05) is 12.1 Å². The fourth-order valence-electron chi connectivity index (χ4n) is 2.59. The number of hydrogen-bond acceptors (Lipinski definition) is 5. The molecule has 7 nitrogen and oxygen atoms in total. The molecule has 1 amide bonds. The fourth-order valence-corrected chi connectivity index (χ4v) is 2.59. The molecular weight excluding hydrogens is 342 g/mol. The number of rotatable bonds is 7. The van der Waals surface area contributed by atoms with Crippen LogP contribution < -0.4 is 10.6 Å². The van der Waals surface area contributed by atoms with E-state index in [-0.39, 0.29) is 11.7 Å². The first-order chi connectivity index (χ1) is 13.0. The molecule has 7 heteroatoms. The monoisotopic (exact) mass is 363 g/mol. The van der Waals surface area contributed by atoms with E-state index in [0.29, 0.717) is 35.9 Å². The number of anilines is 1. The van der Waals surface area contributed by atoms with E-state index in [1.54, 1.807) is 24.3 Å². The number of aromatic nitrogens is 3. The zero-order valence-electron chi connectivity index (χ0n) is 15.3. The van der Waals surface area contributed by atoms with Crippen molar-refractivity contribution in [3.63, 3.8) is 0 Å². The molecule has 1 aromatic carbocycles. The number of carbonyl (C=O) groups is 2. The highest BCUT2D eigenvalue weighted by atomic mass is 16.1. The summed E-state index contributed by atoms with van der Waals surface area (Å²) in [7, 11) is 0. The van der Waals surface area contributed by atoms with Crippen molar-refractivity contribution in [2.75, 3.05) is 18.4 Å². The standard InChI is InChI=1S/C20H21N5O2/c1-14(26)16-5-7-17(8-6-16)20(27)22-10-9-21-18-13-19(24-15(2)23-18)25-11-3-4-12-25/h3-8,11-13H,9-10H2,1-2H3,(H,22,27)(H,21,23,24). The molecule has 0 aliphatic heterocycles. The molecule has 138 valence electrons. The lowest BCUT2D eigenvalue weighted by Crippen LogP contribution is -2.29. The molecule has 0 spiro atoms. The number of carbonyl (C=O) groups excluding carboxylic acids is 2. The Balaban J connectivity index is 1.53. The molecule has 0 saturated heterocycles. The summed E-state index contributed by atoms with van der Waals surface area (Å²) >= 11 is 0. The van der Waals surface area contributed by atoms with Gasteiger partial charge >= 0.3 is 0 Å². The summed E-state index contributed by atoms with van der Waals surface area (Å²) in [5, 5.41) is 6.03. The van der Waals surface area contributed by atoms with E-state index < -0.39 is 0 Å². The Morgan fingerprint density at radius 1 is 1.00 bits per heavy atom. The van der Waals surface area contributed by atoms with Crippen LogP contribution >= 0.6 is 0 Å². The van der Waals surface area contributed by atoms with Crippen molar-refractivity contribution in [2.45, 2.75) is 13.8 Å². The normalized spacial score (nSPS) is 10.4. The molecule has 0 bridgehead atoms. The maximum absolute atomic E-state index is 12.1. The maximum Gasteiger partial charge on any atom is 0.251 e. The number of aryl methyl sites for hydroxylation is 1. The molecule has 0 unspecified atom stereocenters. The minimum atomic E-state index is -0.182. The van der Waals surface area contributed by atoms with Crippen molar-refractivity contribution in [2.24, 2.45) is 0 Å². The van der Waals surface area contributed by atoms with Crippen LogP contribution in [-0.2, 0) is 0 Å². The third-order valence-corrected chi connectivity index (χ3v) is 3.96. The highest BCUT2D eigenvalue weighted by Gasteiger charge is 2.07. The molecule has 0 radical (unpaired) electrons. The number of ketones is 1. The van der Waals surface area contributed by atoms with E-state index in [1.807, 2.05) is 42.1 Å². The Hall–Kier alpha value is -3.48. The number of benzene rings is 1. The van der Waals surface area contributed by atoms with E-state index >= 15 is 0 Å². The zero-order chi connectivity index (χ0) is 19.2. The van der Waals surface area contributed by atoms with Gasteiger partial charge in [0.05, 0.1) is 0 Å². The zero-order valence-corrected chi connectivity index (χ0v) is 15.3. The summed E-state index contributed by atoms with van der Waals surface area (Å²) < 4.78 is 1.91. The smallest absolute Gasteiger partial charge is 0.251 e. The minimum absolute atomic E-state index is 0.0226. The van der Waals surface area contributed by atoms with Gasteiger partial charge in [-0.05, 0) is 38.1 Å². The molecule has 3 aromatic rings. The van der Waals surface area contributed by atoms with Crippen molar-refractivity contribution in [3.05, 3.63) is 71.8 Å². The average Bonchev–Trinajstić information content (AvgIpc) is 3.19. The Labute approximate surface area is 157 Å². The van der Waals surface area contributed by atoms with Crippen LogP contribution in [0, 0.1) is 6.92 Å². The van der Waals surface area contributed by atoms with Gasteiger partial charge in [0.1, 0.15) is 17.5 Å². The molecule has 2 N–H and O–H groups in total. The number of nitrogens with one attached hydrogen (secondary N) is 2.